The molecule has 116 valence electrons. The molecule has 1 fully saturated rings. The molecule has 3 unspecified atom stereocenters. The lowest BCUT2D eigenvalue weighted by Crippen LogP contribution is -2.33. The molecule has 0 amide bonds. The van der Waals surface area contributed by atoms with Gasteiger partial charge in [-0.1, -0.05) is 32.3 Å². The van der Waals surface area contributed by atoms with E-state index in [0.29, 0.717) is 6.04 Å². The van der Waals surface area contributed by atoms with Crippen molar-refractivity contribution in [3.05, 3.63) is 29.3 Å². The third-order valence-electron chi connectivity index (χ3n) is 5.58. The summed E-state index contributed by atoms with van der Waals surface area (Å²) in [4.78, 5) is 0. The summed E-state index contributed by atoms with van der Waals surface area (Å²) in [7, 11) is 1.75. The Kier molecular flexibility index (Phi) is 4.84. The summed E-state index contributed by atoms with van der Waals surface area (Å²) >= 11 is 0. The fourth-order valence-electron chi connectivity index (χ4n) is 4.12. The molecular formula is C19H29NO. The summed E-state index contributed by atoms with van der Waals surface area (Å²) in [6.07, 6.45) is 9.46. The second-order valence-corrected chi connectivity index (χ2v) is 6.94. The Hall–Kier alpha value is -1.02. The molecule has 0 aliphatic heterocycles. The van der Waals surface area contributed by atoms with Crippen LogP contribution in [0.5, 0.6) is 5.75 Å². The van der Waals surface area contributed by atoms with Gasteiger partial charge in [0.15, 0.2) is 0 Å². The molecule has 2 aliphatic carbocycles. The first-order valence-electron chi connectivity index (χ1n) is 8.68. The summed E-state index contributed by atoms with van der Waals surface area (Å²) in [5, 5.41) is 3.87. The van der Waals surface area contributed by atoms with Crippen molar-refractivity contribution in [2.75, 3.05) is 13.7 Å². The highest BCUT2D eigenvalue weighted by Crippen LogP contribution is 2.34. The van der Waals surface area contributed by atoms with Gasteiger partial charge < -0.3 is 10.1 Å². The summed E-state index contributed by atoms with van der Waals surface area (Å²) in [5.74, 6) is 2.77. The molecule has 1 N–H and O–H groups in total. The molecule has 21 heavy (non-hydrogen) atoms. The van der Waals surface area contributed by atoms with Gasteiger partial charge in [0.1, 0.15) is 5.75 Å². The number of hydrogen-bond acceptors (Lipinski definition) is 2. The van der Waals surface area contributed by atoms with Crippen molar-refractivity contribution in [1.82, 2.24) is 5.32 Å². The fraction of sp³-hybridized carbons (Fsp3) is 0.684. The molecule has 0 spiro atoms. The largest absolute Gasteiger partial charge is 0.497 e. The smallest absolute Gasteiger partial charge is 0.119 e. The minimum absolute atomic E-state index is 0.550. The highest BCUT2D eigenvalue weighted by molar-refractivity contribution is 5.39. The minimum Gasteiger partial charge on any atom is -0.497 e. The van der Waals surface area contributed by atoms with Crippen LogP contribution in [0.25, 0.3) is 0 Å². The van der Waals surface area contributed by atoms with Gasteiger partial charge in [-0.15, -0.1) is 0 Å². The molecule has 1 saturated carbocycles. The van der Waals surface area contributed by atoms with Gasteiger partial charge >= 0.3 is 0 Å². The zero-order chi connectivity index (χ0) is 14.7. The molecule has 3 rings (SSSR count). The minimum atomic E-state index is 0.550. The Balaban J connectivity index is 1.65. The van der Waals surface area contributed by atoms with Crippen LogP contribution in [0.15, 0.2) is 18.2 Å². The maximum Gasteiger partial charge on any atom is 0.119 e. The molecule has 0 heterocycles. The number of rotatable bonds is 4. The van der Waals surface area contributed by atoms with Gasteiger partial charge in [0.2, 0.25) is 0 Å². The van der Waals surface area contributed by atoms with Crippen LogP contribution in [0.4, 0.5) is 0 Å². The lowest BCUT2D eigenvalue weighted by Gasteiger charge is -2.32. The predicted molar refractivity (Wildman–Crippen MR) is 87.8 cm³/mol. The zero-order valence-electron chi connectivity index (χ0n) is 13.5. The molecule has 2 aliphatic rings. The van der Waals surface area contributed by atoms with Crippen LogP contribution in [-0.4, -0.2) is 13.7 Å². The number of hydrogen-bond donors (Lipinski definition) is 1. The van der Waals surface area contributed by atoms with Crippen molar-refractivity contribution < 1.29 is 4.74 Å². The van der Waals surface area contributed by atoms with E-state index >= 15 is 0 Å². The number of aryl methyl sites for hydroxylation is 1. The van der Waals surface area contributed by atoms with E-state index in [-0.39, 0.29) is 0 Å². The van der Waals surface area contributed by atoms with Crippen molar-refractivity contribution in [2.45, 2.75) is 57.9 Å². The highest BCUT2D eigenvalue weighted by Gasteiger charge is 2.24. The Labute approximate surface area is 129 Å². The molecule has 2 heteroatoms. The Morgan fingerprint density at radius 2 is 2.00 bits per heavy atom. The van der Waals surface area contributed by atoms with Gasteiger partial charge in [-0.3, -0.25) is 0 Å². The van der Waals surface area contributed by atoms with Crippen molar-refractivity contribution >= 4 is 0 Å². The molecule has 0 radical (unpaired) electrons. The predicted octanol–water partition coefficient (Wildman–Crippen LogP) is 4.49. The quantitative estimate of drug-likeness (QED) is 0.881. The van der Waals surface area contributed by atoms with Crippen LogP contribution in [0.3, 0.4) is 0 Å². The first-order chi connectivity index (χ1) is 10.3. The summed E-state index contributed by atoms with van der Waals surface area (Å²) in [5.41, 5.74) is 2.99. The van der Waals surface area contributed by atoms with Gasteiger partial charge in [0.05, 0.1) is 7.11 Å². The van der Waals surface area contributed by atoms with Crippen LogP contribution < -0.4 is 10.1 Å². The number of benzene rings is 1. The molecule has 0 saturated heterocycles. The van der Waals surface area contributed by atoms with E-state index in [0.717, 1.165) is 17.6 Å². The van der Waals surface area contributed by atoms with Gasteiger partial charge in [0.25, 0.3) is 0 Å². The standard InChI is InChI=1S/C19H29NO/c1-14-6-3-4-7-16(14)13-20-19-9-5-8-15-12-17(21-2)10-11-18(15)19/h10-12,14,16,19-20H,3-9,13H2,1-2H3. The van der Waals surface area contributed by atoms with E-state index in [1.54, 1.807) is 7.11 Å². The maximum atomic E-state index is 5.36. The van der Waals surface area contributed by atoms with Gasteiger partial charge in [-0.05, 0) is 67.3 Å². The first kappa shape index (κ1) is 14.9. The number of nitrogens with one attached hydrogen (secondary N) is 1. The fourth-order valence-corrected chi connectivity index (χ4v) is 4.12. The van der Waals surface area contributed by atoms with Gasteiger partial charge in [-0.2, -0.15) is 0 Å². The number of ether oxygens (including phenoxy) is 1. The first-order valence-corrected chi connectivity index (χ1v) is 8.68. The highest BCUT2D eigenvalue weighted by atomic mass is 16.5. The van der Waals surface area contributed by atoms with Gasteiger partial charge in [0, 0.05) is 6.04 Å². The van der Waals surface area contributed by atoms with Crippen LogP contribution in [0.2, 0.25) is 0 Å². The van der Waals surface area contributed by atoms with Crippen LogP contribution in [0.1, 0.15) is 62.6 Å². The molecule has 0 bridgehead atoms. The van der Waals surface area contributed by atoms with Crippen molar-refractivity contribution in [1.29, 1.82) is 0 Å². The van der Waals surface area contributed by atoms with E-state index < -0.39 is 0 Å². The Morgan fingerprint density at radius 1 is 1.14 bits per heavy atom. The van der Waals surface area contributed by atoms with E-state index in [9.17, 15) is 0 Å². The van der Waals surface area contributed by atoms with Crippen LogP contribution in [0, 0.1) is 11.8 Å². The molecule has 1 aromatic rings. The zero-order valence-corrected chi connectivity index (χ0v) is 13.5. The number of fused-ring (bicyclic) bond motifs is 1. The van der Waals surface area contributed by atoms with E-state index in [4.69, 9.17) is 4.74 Å². The van der Waals surface area contributed by atoms with Crippen molar-refractivity contribution in [3.8, 4) is 5.75 Å². The van der Waals surface area contributed by atoms with Crippen molar-refractivity contribution in [3.63, 3.8) is 0 Å². The SMILES string of the molecule is COc1ccc2c(c1)CCCC2NCC1CCCCC1C. The van der Waals surface area contributed by atoms with E-state index in [1.165, 1.54) is 62.6 Å². The van der Waals surface area contributed by atoms with Crippen LogP contribution >= 0.6 is 0 Å². The number of methoxy groups -OCH3 is 1. The molecular weight excluding hydrogens is 258 g/mol. The lowest BCUT2D eigenvalue weighted by molar-refractivity contribution is 0.237. The Bertz CT molecular complexity index is 471. The van der Waals surface area contributed by atoms with Crippen LogP contribution in [-0.2, 0) is 6.42 Å². The van der Waals surface area contributed by atoms with E-state index in [2.05, 4.69) is 30.4 Å². The average molecular weight is 287 g/mol. The van der Waals surface area contributed by atoms with Gasteiger partial charge in [-0.25, -0.2) is 0 Å². The van der Waals surface area contributed by atoms with Crippen molar-refractivity contribution in [2.24, 2.45) is 11.8 Å². The average Bonchev–Trinajstić information content (AvgIpc) is 2.53. The molecule has 0 aromatic heterocycles. The lowest BCUT2D eigenvalue weighted by atomic mass is 9.80. The summed E-state index contributed by atoms with van der Waals surface area (Å²) < 4.78 is 5.36. The Morgan fingerprint density at radius 3 is 2.81 bits per heavy atom. The normalized spacial score (nSPS) is 29.0. The topological polar surface area (TPSA) is 21.3 Å². The molecule has 3 atom stereocenters. The second kappa shape index (κ2) is 6.83. The molecule has 2 nitrogen and oxygen atoms in total. The summed E-state index contributed by atoms with van der Waals surface area (Å²) in [6, 6.07) is 7.16. The van der Waals surface area contributed by atoms with E-state index in [1.807, 2.05) is 0 Å². The monoisotopic (exact) mass is 287 g/mol. The third-order valence-corrected chi connectivity index (χ3v) is 5.58. The molecule has 1 aromatic carbocycles. The summed E-state index contributed by atoms with van der Waals surface area (Å²) in [6.45, 7) is 3.63. The maximum absolute atomic E-state index is 5.36. The second-order valence-electron chi connectivity index (χ2n) is 6.94. The third kappa shape index (κ3) is 3.42.